The van der Waals surface area contributed by atoms with E-state index in [4.69, 9.17) is 10.5 Å². The van der Waals surface area contributed by atoms with Gasteiger partial charge in [0.1, 0.15) is 0 Å². The second kappa shape index (κ2) is 5.54. The maximum absolute atomic E-state index is 12.7. The van der Waals surface area contributed by atoms with E-state index < -0.39 is 0 Å². The standard InChI is InChI=1S/C17H30N2O2/c1-3-21-14-11-13(17(14)9-6-10-17)19-15(20)12-7-4-5-8-16(12,2)18/h12-14H,3-11,18H2,1-2H3,(H,19,20). The Morgan fingerprint density at radius 1 is 1.29 bits per heavy atom. The Kier molecular flexibility index (Phi) is 4.04. The Labute approximate surface area is 128 Å². The molecule has 4 nitrogen and oxygen atoms in total. The van der Waals surface area contributed by atoms with Crippen molar-refractivity contribution >= 4 is 5.91 Å². The molecule has 3 fully saturated rings. The number of ether oxygens (including phenoxy) is 1. The van der Waals surface area contributed by atoms with Gasteiger partial charge in [-0.3, -0.25) is 4.79 Å². The molecule has 0 bridgehead atoms. The summed E-state index contributed by atoms with van der Waals surface area (Å²) >= 11 is 0. The van der Waals surface area contributed by atoms with Crippen LogP contribution in [0.25, 0.3) is 0 Å². The Morgan fingerprint density at radius 2 is 2.05 bits per heavy atom. The maximum Gasteiger partial charge on any atom is 0.225 e. The number of rotatable bonds is 4. The summed E-state index contributed by atoms with van der Waals surface area (Å²) in [5.41, 5.74) is 6.27. The molecular formula is C17H30N2O2. The van der Waals surface area contributed by atoms with Crippen LogP contribution in [0, 0.1) is 11.3 Å². The van der Waals surface area contributed by atoms with E-state index in [0.29, 0.717) is 12.1 Å². The van der Waals surface area contributed by atoms with Crippen LogP contribution in [-0.4, -0.2) is 30.2 Å². The van der Waals surface area contributed by atoms with E-state index in [1.807, 2.05) is 6.92 Å². The molecule has 4 unspecified atom stereocenters. The van der Waals surface area contributed by atoms with Gasteiger partial charge in [-0.15, -0.1) is 0 Å². The summed E-state index contributed by atoms with van der Waals surface area (Å²) in [5, 5.41) is 3.32. The Balaban J connectivity index is 1.61. The lowest BCUT2D eigenvalue weighted by atomic mass is 9.51. The van der Waals surface area contributed by atoms with E-state index in [9.17, 15) is 4.79 Å². The van der Waals surface area contributed by atoms with Gasteiger partial charge in [0.05, 0.1) is 12.0 Å². The van der Waals surface area contributed by atoms with E-state index in [1.165, 1.54) is 19.3 Å². The number of carbonyl (C=O) groups is 1. The average Bonchev–Trinajstić information content (AvgIpc) is 2.34. The summed E-state index contributed by atoms with van der Waals surface area (Å²) in [5.74, 6) is 0.167. The minimum Gasteiger partial charge on any atom is -0.378 e. The highest BCUT2D eigenvalue weighted by molar-refractivity contribution is 5.80. The monoisotopic (exact) mass is 294 g/mol. The van der Waals surface area contributed by atoms with Gasteiger partial charge in [-0.1, -0.05) is 19.3 Å². The smallest absolute Gasteiger partial charge is 0.225 e. The van der Waals surface area contributed by atoms with Crippen LogP contribution >= 0.6 is 0 Å². The number of hydrogen-bond donors (Lipinski definition) is 2. The molecule has 3 aliphatic carbocycles. The third-order valence-electron chi connectivity index (χ3n) is 6.32. The van der Waals surface area contributed by atoms with Crippen LogP contribution in [-0.2, 0) is 9.53 Å². The molecule has 0 aliphatic heterocycles. The number of amides is 1. The predicted molar refractivity (Wildman–Crippen MR) is 82.8 cm³/mol. The van der Waals surface area contributed by atoms with Gasteiger partial charge in [-0.05, 0) is 46.0 Å². The Bertz CT molecular complexity index is 404. The summed E-state index contributed by atoms with van der Waals surface area (Å²) in [7, 11) is 0. The van der Waals surface area contributed by atoms with Gasteiger partial charge in [0.25, 0.3) is 0 Å². The van der Waals surface area contributed by atoms with Gasteiger partial charge in [-0.25, -0.2) is 0 Å². The largest absolute Gasteiger partial charge is 0.378 e. The minimum absolute atomic E-state index is 0.0190. The summed E-state index contributed by atoms with van der Waals surface area (Å²) in [6.45, 7) is 4.87. The number of hydrogen-bond acceptors (Lipinski definition) is 3. The summed E-state index contributed by atoms with van der Waals surface area (Å²) in [6, 6.07) is 0.313. The minimum atomic E-state index is -0.335. The van der Waals surface area contributed by atoms with Gasteiger partial charge >= 0.3 is 0 Å². The molecule has 3 saturated carbocycles. The molecule has 1 amide bonds. The molecule has 0 aromatic rings. The van der Waals surface area contributed by atoms with E-state index in [0.717, 1.165) is 38.7 Å². The molecule has 120 valence electrons. The molecule has 21 heavy (non-hydrogen) atoms. The van der Waals surface area contributed by atoms with Crippen molar-refractivity contribution in [1.29, 1.82) is 0 Å². The fourth-order valence-corrected chi connectivity index (χ4v) is 4.70. The zero-order chi connectivity index (χ0) is 15.1. The number of nitrogens with two attached hydrogens (primary N) is 1. The molecule has 0 saturated heterocycles. The van der Waals surface area contributed by atoms with Crippen molar-refractivity contribution in [1.82, 2.24) is 5.32 Å². The van der Waals surface area contributed by atoms with Crippen LogP contribution in [0.15, 0.2) is 0 Å². The fraction of sp³-hybridized carbons (Fsp3) is 0.941. The van der Waals surface area contributed by atoms with Crippen LogP contribution in [0.2, 0.25) is 0 Å². The van der Waals surface area contributed by atoms with Gasteiger partial charge < -0.3 is 15.8 Å². The lowest BCUT2D eigenvalue weighted by Crippen LogP contribution is -2.69. The van der Waals surface area contributed by atoms with Gasteiger partial charge in [0.2, 0.25) is 5.91 Å². The first-order valence-corrected chi connectivity index (χ1v) is 8.70. The van der Waals surface area contributed by atoms with Crippen LogP contribution < -0.4 is 11.1 Å². The summed E-state index contributed by atoms with van der Waals surface area (Å²) in [4.78, 5) is 12.7. The van der Waals surface area contributed by atoms with Crippen molar-refractivity contribution < 1.29 is 9.53 Å². The molecule has 3 N–H and O–H groups in total. The second-order valence-corrected chi connectivity index (χ2v) is 7.63. The van der Waals surface area contributed by atoms with E-state index in [-0.39, 0.29) is 22.8 Å². The molecule has 3 aliphatic rings. The highest BCUT2D eigenvalue weighted by atomic mass is 16.5. The SMILES string of the molecule is CCOC1CC(NC(=O)C2CCCCC2(C)N)C12CCC2. The lowest BCUT2D eigenvalue weighted by Gasteiger charge is -2.61. The molecule has 0 aromatic heterocycles. The van der Waals surface area contributed by atoms with Crippen molar-refractivity contribution in [2.45, 2.75) is 82.9 Å². The fourth-order valence-electron chi connectivity index (χ4n) is 4.70. The van der Waals surface area contributed by atoms with E-state index in [1.54, 1.807) is 0 Å². The van der Waals surface area contributed by atoms with Crippen molar-refractivity contribution in [2.75, 3.05) is 6.61 Å². The molecule has 1 spiro atoms. The molecule has 3 rings (SSSR count). The zero-order valence-corrected chi connectivity index (χ0v) is 13.5. The van der Waals surface area contributed by atoms with Crippen molar-refractivity contribution in [2.24, 2.45) is 17.1 Å². The van der Waals surface area contributed by atoms with Crippen LogP contribution in [0.1, 0.15) is 65.2 Å². The van der Waals surface area contributed by atoms with Gasteiger partial charge in [-0.2, -0.15) is 0 Å². The summed E-state index contributed by atoms with van der Waals surface area (Å²) < 4.78 is 5.86. The van der Waals surface area contributed by atoms with Gasteiger partial charge in [0, 0.05) is 23.6 Å². The zero-order valence-electron chi connectivity index (χ0n) is 13.5. The quantitative estimate of drug-likeness (QED) is 0.836. The van der Waals surface area contributed by atoms with Crippen LogP contribution in [0.4, 0.5) is 0 Å². The van der Waals surface area contributed by atoms with Crippen LogP contribution in [0.3, 0.4) is 0 Å². The van der Waals surface area contributed by atoms with E-state index >= 15 is 0 Å². The normalized spacial score (nSPS) is 41.2. The molecule has 0 aromatic carbocycles. The number of carbonyl (C=O) groups excluding carboxylic acids is 1. The molecule has 0 heterocycles. The summed E-state index contributed by atoms with van der Waals surface area (Å²) in [6.07, 6.45) is 9.19. The first-order chi connectivity index (χ1) is 9.99. The highest BCUT2D eigenvalue weighted by Gasteiger charge is 2.59. The molecular weight excluding hydrogens is 264 g/mol. The first kappa shape index (κ1) is 15.3. The topological polar surface area (TPSA) is 64.3 Å². The lowest BCUT2D eigenvalue weighted by molar-refractivity contribution is -0.177. The van der Waals surface area contributed by atoms with Crippen molar-refractivity contribution in [3.63, 3.8) is 0 Å². The molecule has 4 atom stereocenters. The maximum atomic E-state index is 12.7. The Morgan fingerprint density at radius 3 is 2.62 bits per heavy atom. The molecule has 0 radical (unpaired) electrons. The second-order valence-electron chi connectivity index (χ2n) is 7.63. The highest BCUT2D eigenvalue weighted by Crippen LogP contribution is 2.57. The predicted octanol–water partition coefficient (Wildman–Crippen LogP) is 2.36. The van der Waals surface area contributed by atoms with Crippen LogP contribution in [0.5, 0.6) is 0 Å². The van der Waals surface area contributed by atoms with Crippen molar-refractivity contribution in [3.8, 4) is 0 Å². The van der Waals surface area contributed by atoms with Gasteiger partial charge in [0.15, 0.2) is 0 Å². The molecule has 4 heteroatoms. The van der Waals surface area contributed by atoms with Crippen molar-refractivity contribution in [3.05, 3.63) is 0 Å². The third-order valence-corrected chi connectivity index (χ3v) is 6.32. The first-order valence-electron chi connectivity index (χ1n) is 8.70. The number of nitrogens with one attached hydrogen (secondary N) is 1. The average molecular weight is 294 g/mol. The Hall–Kier alpha value is -0.610. The van der Waals surface area contributed by atoms with E-state index in [2.05, 4.69) is 12.2 Å². The third kappa shape index (κ3) is 2.50.